The van der Waals surface area contributed by atoms with Crippen molar-refractivity contribution in [2.24, 2.45) is 0 Å². The van der Waals surface area contributed by atoms with E-state index in [4.69, 9.17) is 14.2 Å². The summed E-state index contributed by atoms with van der Waals surface area (Å²) in [7, 11) is 0. The van der Waals surface area contributed by atoms with Crippen LogP contribution in [0.3, 0.4) is 0 Å². The van der Waals surface area contributed by atoms with Crippen molar-refractivity contribution in [3.63, 3.8) is 0 Å². The molecule has 6 heteroatoms. The normalized spacial score (nSPS) is 12.8. The van der Waals surface area contributed by atoms with Crippen molar-refractivity contribution < 1.29 is 28.6 Å². The second kappa shape index (κ2) is 64.6. The third kappa shape index (κ3) is 62.8. The summed E-state index contributed by atoms with van der Waals surface area (Å²) in [6.45, 7) is 6.41. The fourth-order valence-corrected chi connectivity index (χ4v) is 8.99. The highest BCUT2D eigenvalue weighted by atomic mass is 16.6. The van der Waals surface area contributed by atoms with Gasteiger partial charge in [-0.05, 0) is 103 Å². The molecule has 6 nitrogen and oxygen atoms in total. The van der Waals surface area contributed by atoms with Gasteiger partial charge in [-0.25, -0.2) is 0 Å². The van der Waals surface area contributed by atoms with E-state index in [1.807, 2.05) is 0 Å². The number of rotatable bonds is 58. The number of hydrogen-bond acceptors (Lipinski definition) is 6. The second-order valence-corrected chi connectivity index (χ2v) is 21.3. The first-order valence-corrected chi connectivity index (χ1v) is 32.4. The average Bonchev–Trinajstić information content (AvgIpc) is 3.43. The van der Waals surface area contributed by atoms with Crippen LogP contribution in [0.25, 0.3) is 0 Å². The van der Waals surface area contributed by atoms with Crippen LogP contribution in [0.15, 0.2) is 109 Å². The van der Waals surface area contributed by atoms with Crippen molar-refractivity contribution in [2.75, 3.05) is 13.2 Å². The molecule has 1 unspecified atom stereocenters. The Morgan fingerprint density at radius 3 is 0.792 bits per heavy atom. The molecule has 1 atom stereocenters. The van der Waals surface area contributed by atoms with E-state index in [-0.39, 0.29) is 31.1 Å². The largest absolute Gasteiger partial charge is 0.462 e. The summed E-state index contributed by atoms with van der Waals surface area (Å²) in [5, 5.41) is 0. The number of carbonyl (C=O) groups excluding carboxylic acids is 3. The molecular weight excluding hydrogens is 949 g/mol. The lowest BCUT2D eigenvalue weighted by atomic mass is 10.0. The highest BCUT2D eigenvalue weighted by Gasteiger charge is 2.19. The van der Waals surface area contributed by atoms with Crippen LogP contribution in [-0.4, -0.2) is 37.2 Å². The van der Waals surface area contributed by atoms with Gasteiger partial charge in [0, 0.05) is 19.3 Å². The first kappa shape index (κ1) is 73.1. The minimum atomic E-state index is -0.784. The van der Waals surface area contributed by atoms with Gasteiger partial charge in [-0.1, -0.05) is 291 Å². The van der Waals surface area contributed by atoms with Crippen molar-refractivity contribution >= 4 is 17.9 Å². The minimum Gasteiger partial charge on any atom is -0.462 e. The summed E-state index contributed by atoms with van der Waals surface area (Å²) in [5.74, 6) is -0.887. The molecule has 77 heavy (non-hydrogen) atoms. The zero-order chi connectivity index (χ0) is 55.7. The van der Waals surface area contributed by atoms with Gasteiger partial charge < -0.3 is 14.2 Å². The van der Waals surface area contributed by atoms with Gasteiger partial charge in [0.25, 0.3) is 0 Å². The Bertz CT molecular complexity index is 1560. The van der Waals surface area contributed by atoms with E-state index in [0.717, 1.165) is 122 Å². The minimum absolute atomic E-state index is 0.0807. The van der Waals surface area contributed by atoms with E-state index in [2.05, 4.69) is 130 Å². The molecule has 0 aliphatic heterocycles. The SMILES string of the molecule is CC/C=C\C/C=C\C/C=C\C/C=C\C/C=C\CCCCCCCCCC(=O)OC(COC(=O)CCCCCCCCCCC)COC(=O)CCCCCCCCCCCCCCCC/C=C\C/C=C\C/C=C\C/C=C\CC. The van der Waals surface area contributed by atoms with E-state index in [9.17, 15) is 14.4 Å². The van der Waals surface area contributed by atoms with Crippen molar-refractivity contribution in [3.05, 3.63) is 109 Å². The number of allylic oxidation sites excluding steroid dienone is 18. The lowest BCUT2D eigenvalue weighted by Gasteiger charge is -2.18. The molecule has 0 bridgehead atoms. The Labute approximate surface area is 476 Å². The van der Waals surface area contributed by atoms with Gasteiger partial charge in [0.15, 0.2) is 6.10 Å². The Morgan fingerprint density at radius 1 is 0.273 bits per heavy atom. The Kier molecular flexibility index (Phi) is 61.3. The van der Waals surface area contributed by atoms with Crippen molar-refractivity contribution in [2.45, 2.75) is 309 Å². The molecular formula is C71H120O6. The average molecular weight is 1070 g/mol. The number of ether oxygens (including phenoxy) is 3. The van der Waals surface area contributed by atoms with E-state index in [1.165, 1.54) is 141 Å². The van der Waals surface area contributed by atoms with Gasteiger partial charge in [-0.3, -0.25) is 14.4 Å². The van der Waals surface area contributed by atoms with Gasteiger partial charge in [-0.2, -0.15) is 0 Å². The maximum Gasteiger partial charge on any atom is 0.306 e. The highest BCUT2D eigenvalue weighted by Crippen LogP contribution is 2.16. The van der Waals surface area contributed by atoms with Gasteiger partial charge >= 0.3 is 17.9 Å². The topological polar surface area (TPSA) is 78.9 Å². The molecule has 0 saturated heterocycles. The molecule has 0 spiro atoms. The standard InChI is InChI=1S/C71H120O6/c1-4-7-10-13-16-19-21-23-25-27-29-31-33-34-35-36-38-39-41-43-45-47-49-52-55-58-61-64-70(73)76-67-68(66-75-69(72)63-60-57-54-51-18-15-12-9-6-3)77-71(74)65-62-59-56-53-50-48-46-44-42-40-37-32-30-28-26-24-22-20-17-14-11-8-5-2/h7-8,10-11,16-17,19-20,23-26,29-32,40,42,68H,4-6,9,12-15,18,21-22,27-28,33-39,41,43-67H2,1-3H3/b10-7-,11-8-,19-16-,20-17-,25-23-,26-24-,31-29-,32-30-,42-40-. The second-order valence-electron chi connectivity index (χ2n) is 21.3. The number of carbonyl (C=O) groups is 3. The Balaban J connectivity index is 4.22. The molecule has 0 saturated carbocycles. The number of unbranched alkanes of at least 4 members (excludes halogenated alkanes) is 29. The fourth-order valence-electron chi connectivity index (χ4n) is 8.99. The fraction of sp³-hybridized carbons (Fsp3) is 0.704. The lowest BCUT2D eigenvalue weighted by Crippen LogP contribution is -2.30. The van der Waals surface area contributed by atoms with E-state index < -0.39 is 6.10 Å². The van der Waals surface area contributed by atoms with Crippen LogP contribution < -0.4 is 0 Å². The summed E-state index contributed by atoms with van der Waals surface area (Å²) in [6.07, 6.45) is 88.2. The lowest BCUT2D eigenvalue weighted by molar-refractivity contribution is -0.167. The molecule has 0 aromatic heterocycles. The number of hydrogen-bond donors (Lipinski definition) is 0. The zero-order valence-corrected chi connectivity index (χ0v) is 50.4. The summed E-state index contributed by atoms with van der Waals surface area (Å²) >= 11 is 0. The van der Waals surface area contributed by atoms with Crippen LogP contribution in [0.4, 0.5) is 0 Å². The van der Waals surface area contributed by atoms with Crippen LogP contribution in [0.1, 0.15) is 303 Å². The highest BCUT2D eigenvalue weighted by molar-refractivity contribution is 5.71. The van der Waals surface area contributed by atoms with Gasteiger partial charge in [0.1, 0.15) is 13.2 Å². The number of esters is 3. The molecule has 0 aromatic rings. The maximum absolute atomic E-state index is 12.9. The van der Waals surface area contributed by atoms with Crippen molar-refractivity contribution in [1.29, 1.82) is 0 Å². The van der Waals surface area contributed by atoms with Crippen molar-refractivity contribution in [3.8, 4) is 0 Å². The first-order chi connectivity index (χ1) is 38.0. The molecule has 0 radical (unpaired) electrons. The summed E-state index contributed by atoms with van der Waals surface area (Å²) in [4.78, 5) is 38.2. The molecule has 0 aliphatic carbocycles. The van der Waals surface area contributed by atoms with E-state index in [1.54, 1.807) is 0 Å². The molecule has 0 heterocycles. The quantitative estimate of drug-likeness (QED) is 0.0261. The molecule has 0 amide bonds. The molecule has 0 rings (SSSR count). The van der Waals surface area contributed by atoms with Crippen LogP contribution >= 0.6 is 0 Å². The Hall–Kier alpha value is -3.93. The predicted octanol–water partition coefficient (Wildman–Crippen LogP) is 22.2. The first-order valence-electron chi connectivity index (χ1n) is 32.4. The molecule has 440 valence electrons. The van der Waals surface area contributed by atoms with Crippen LogP contribution in [0.5, 0.6) is 0 Å². The van der Waals surface area contributed by atoms with Crippen LogP contribution in [0.2, 0.25) is 0 Å². The molecule has 0 aromatic carbocycles. The van der Waals surface area contributed by atoms with E-state index in [0.29, 0.717) is 19.3 Å². The zero-order valence-electron chi connectivity index (χ0n) is 50.4. The molecule has 0 N–H and O–H groups in total. The summed E-state index contributed by atoms with van der Waals surface area (Å²) < 4.78 is 16.9. The van der Waals surface area contributed by atoms with Crippen LogP contribution in [-0.2, 0) is 28.6 Å². The maximum atomic E-state index is 12.9. The monoisotopic (exact) mass is 1070 g/mol. The third-order valence-corrected chi connectivity index (χ3v) is 13.8. The van der Waals surface area contributed by atoms with Gasteiger partial charge in [-0.15, -0.1) is 0 Å². The molecule has 0 fully saturated rings. The summed E-state index contributed by atoms with van der Waals surface area (Å²) in [5.41, 5.74) is 0. The summed E-state index contributed by atoms with van der Waals surface area (Å²) in [6, 6.07) is 0. The van der Waals surface area contributed by atoms with Gasteiger partial charge in [0.2, 0.25) is 0 Å². The van der Waals surface area contributed by atoms with Gasteiger partial charge in [0.05, 0.1) is 0 Å². The third-order valence-electron chi connectivity index (χ3n) is 13.8. The smallest absolute Gasteiger partial charge is 0.306 e. The molecule has 0 aliphatic rings. The van der Waals surface area contributed by atoms with Crippen molar-refractivity contribution in [1.82, 2.24) is 0 Å². The van der Waals surface area contributed by atoms with E-state index >= 15 is 0 Å². The predicted molar refractivity (Wildman–Crippen MR) is 334 cm³/mol. The van der Waals surface area contributed by atoms with Crippen LogP contribution in [0, 0.1) is 0 Å². The Morgan fingerprint density at radius 2 is 0.506 bits per heavy atom.